The van der Waals surface area contributed by atoms with Crippen molar-refractivity contribution in [3.63, 3.8) is 0 Å². The lowest BCUT2D eigenvalue weighted by Gasteiger charge is -2.22. The lowest BCUT2D eigenvalue weighted by molar-refractivity contribution is -0.312. The number of alkyl halides is 9. The molecule has 0 atom stereocenters. The number of hydrogen-bond acceptors (Lipinski definition) is 9. The Morgan fingerprint density at radius 1 is 0.643 bits per heavy atom. The molecule has 0 spiro atoms. The Kier molecular flexibility index (Phi) is 22.5. The van der Waals surface area contributed by atoms with Crippen LogP contribution in [0, 0.1) is 0 Å². The van der Waals surface area contributed by atoms with Gasteiger partial charge in [0.2, 0.25) is 0 Å². The van der Waals surface area contributed by atoms with E-state index >= 15 is 0 Å². The third-order valence-corrected chi connectivity index (χ3v) is 3.09. The second-order valence-electron chi connectivity index (χ2n) is 7.53. The van der Waals surface area contributed by atoms with Crippen LogP contribution in [0.1, 0.15) is 27.7 Å². The van der Waals surface area contributed by atoms with Crippen LogP contribution in [0.3, 0.4) is 0 Å². The van der Waals surface area contributed by atoms with Gasteiger partial charge < -0.3 is 24.1 Å². The topological polar surface area (TPSA) is 125 Å². The quantitative estimate of drug-likeness (QED) is 0.168. The number of halogens is 9. The van der Waals surface area contributed by atoms with Crippen molar-refractivity contribution in [2.45, 2.75) is 52.3 Å². The van der Waals surface area contributed by atoms with E-state index in [1.165, 1.54) is 14.0 Å². The molecule has 1 N–H and O–H groups in total. The average molecular weight is 634 g/mol. The molecular formula is C24H31F9O9. The summed E-state index contributed by atoms with van der Waals surface area (Å²) in [5.41, 5.74) is 0.189. The number of carbonyl (C=O) groups is 4. The molecule has 0 aromatic carbocycles. The Morgan fingerprint density at radius 3 is 1.19 bits per heavy atom. The Morgan fingerprint density at radius 2 is 0.976 bits per heavy atom. The maximum atomic E-state index is 11.8. The molecule has 0 fully saturated rings. The lowest BCUT2D eigenvalue weighted by Crippen LogP contribution is -2.45. The molecule has 0 heterocycles. The van der Waals surface area contributed by atoms with Crippen LogP contribution in [0.4, 0.5) is 39.5 Å². The highest BCUT2D eigenvalue weighted by molar-refractivity contribution is 5.88. The zero-order valence-corrected chi connectivity index (χ0v) is 23.1. The van der Waals surface area contributed by atoms with E-state index in [4.69, 9.17) is 5.11 Å². The summed E-state index contributed by atoms with van der Waals surface area (Å²) in [7, 11) is 1.33. The summed E-state index contributed by atoms with van der Waals surface area (Å²) in [6.45, 7) is 16.4. The molecule has 0 aliphatic heterocycles. The summed E-state index contributed by atoms with van der Waals surface area (Å²) in [6, 6.07) is 0. The molecule has 0 rings (SSSR count). The first-order chi connectivity index (χ1) is 18.6. The van der Waals surface area contributed by atoms with Crippen LogP contribution >= 0.6 is 0 Å². The number of aliphatic hydroxyl groups excluding tert-OH is 1. The Labute approximate surface area is 235 Å². The maximum Gasteiger partial charge on any atom is 0.434 e. The standard InChI is InChI=1S/C7H6F6O2.C6H7F3O2.C6H10O3.C5H8O2/c1-3(2)4(14)15-5(6(8,9)10)7(11,12)13;1-4(2)5(10)11-3-6(7,8)9;1-5(2)6(8)9-4-3-7;1-4(2)5(6)7-3/h5H,1H2,2H3;1,3H2,2H3;7H,1,3-4H2,2H3;1H2,2-3H3. The van der Waals surface area contributed by atoms with Gasteiger partial charge in [0.05, 0.1) is 13.7 Å². The van der Waals surface area contributed by atoms with E-state index in [1.807, 2.05) is 0 Å². The number of esters is 4. The lowest BCUT2D eigenvalue weighted by atomic mass is 10.3. The largest absolute Gasteiger partial charge is 0.466 e. The van der Waals surface area contributed by atoms with E-state index < -0.39 is 54.7 Å². The van der Waals surface area contributed by atoms with E-state index in [-0.39, 0.29) is 24.8 Å². The van der Waals surface area contributed by atoms with Gasteiger partial charge in [-0.15, -0.1) is 0 Å². The van der Waals surface area contributed by atoms with Crippen LogP contribution in [-0.2, 0) is 38.1 Å². The molecular weight excluding hydrogens is 603 g/mol. The molecule has 9 nitrogen and oxygen atoms in total. The summed E-state index contributed by atoms with van der Waals surface area (Å²) < 4.78 is 121. The number of aliphatic hydroxyl groups is 1. The molecule has 0 unspecified atom stereocenters. The zero-order chi connectivity index (χ0) is 34.6. The Bertz CT molecular complexity index is 935. The Hall–Kier alpha value is -3.83. The molecule has 0 saturated carbocycles. The van der Waals surface area contributed by atoms with Crippen molar-refractivity contribution in [3.8, 4) is 0 Å². The van der Waals surface area contributed by atoms with E-state index in [9.17, 15) is 58.7 Å². The van der Waals surface area contributed by atoms with Crippen molar-refractivity contribution in [1.29, 1.82) is 0 Å². The van der Waals surface area contributed by atoms with Crippen LogP contribution in [0.5, 0.6) is 0 Å². The van der Waals surface area contributed by atoms with Crippen molar-refractivity contribution in [3.05, 3.63) is 48.6 Å². The van der Waals surface area contributed by atoms with Crippen molar-refractivity contribution in [2.24, 2.45) is 0 Å². The van der Waals surface area contributed by atoms with Crippen LogP contribution in [0.15, 0.2) is 48.6 Å². The van der Waals surface area contributed by atoms with Crippen LogP contribution in [0.25, 0.3) is 0 Å². The van der Waals surface area contributed by atoms with Crippen molar-refractivity contribution in [1.82, 2.24) is 0 Å². The van der Waals surface area contributed by atoms with Crippen molar-refractivity contribution >= 4 is 23.9 Å². The molecule has 244 valence electrons. The molecule has 0 saturated heterocycles. The average Bonchev–Trinajstić information content (AvgIpc) is 2.82. The smallest absolute Gasteiger partial charge is 0.434 e. The molecule has 18 heteroatoms. The first-order valence-corrected chi connectivity index (χ1v) is 10.7. The van der Waals surface area contributed by atoms with Crippen LogP contribution in [0.2, 0.25) is 0 Å². The highest BCUT2D eigenvalue weighted by Gasteiger charge is 2.59. The predicted molar refractivity (Wildman–Crippen MR) is 128 cm³/mol. The van der Waals surface area contributed by atoms with Gasteiger partial charge in [-0.05, 0) is 27.7 Å². The van der Waals surface area contributed by atoms with Gasteiger partial charge in [-0.1, -0.05) is 26.3 Å². The third kappa shape index (κ3) is 27.7. The van der Waals surface area contributed by atoms with Gasteiger partial charge in [0, 0.05) is 22.3 Å². The fraction of sp³-hybridized carbons (Fsp3) is 0.500. The maximum absolute atomic E-state index is 11.8. The summed E-state index contributed by atoms with van der Waals surface area (Å²) in [5.74, 6) is -3.57. The molecule has 0 aliphatic rings. The number of methoxy groups -OCH3 is 1. The normalized spacial score (nSPS) is 10.6. The molecule has 0 amide bonds. The summed E-state index contributed by atoms with van der Waals surface area (Å²) in [5, 5.41) is 8.19. The molecule has 0 aromatic heterocycles. The van der Waals surface area contributed by atoms with Gasteiger partial charge in [0.15, 0.2) is 6.61 Å². The number of ether oxygens (including phenoxy) is 4. The molecule has 0 aliphatic carbocycles. The minimum absolute atomic E-state index is 0.0470. The first kappa shape index (κ1) is 45.2. The predicted octanol–water partition coefficient (Wildman–Crippen LogP) is 5.10. The highest BCUT2D eigenvalue weighted by Crippen LogP contribution is 2.36. The third-order valence-electron chi connectivity index (χ3n) is 3.09. The second kappa shape index (κ2) is 21.0. The highest BCUT2D eigenvalue weighted by atomic mass is 19.4. The summed E-state index contributed by atoms with van der Waals surface area (Å²) >= 11 is 0. The van der Waals surface area contributed by atoms with E-state index in [2.05, 4.69) is 45.3 Å². The fourth-order valence-corrected chi connectivity index (χ4v) is 1.23. The first-order valence-electron chi connectivity index (χ1n) is 10.7. The van der Waals surface area contributed by atoms with Gasteiger partial charge in [-0.25, -0.2) is 19.2 Å². The van der Waals surface area contributed by atoms with Crippen LogP contribution < -0.4 is 0 Å². The molecule has 0 radical (unpaired) electrons. The monoisotopic (exact) mass is 634 g/mol. The number of carbonyl (C=O) groups excluding carboxylic acids is 4. The molecule has 42 heavy (non-hydrogen) atoms. The van der Waals surface area contributed by atoms with E-state index in [0.29, 0.717) is 11.1 Å². The summed E-state index contributed by atoms with van der Waals surface area (Å²) in [6.07, 6.45) is -20.0. The number of rotatable bonds is 8. The van der Waals surface area contributed by atoms with E-state index in [1.54, 1.807) is 13.8 Å². The van der Waals surface area contributed by atoms with Gasteiger partial charge in [-0.2, -0.15) is 39.5 Å². The minimum atomic E-state index is -5.69. The fourth-order valence-electron chi connectivity index (χ4n) is 1.23. The Balaban J connectivity index is -0.000000238. The number of hydrogen-bond donors (Lipinski definition) is 1. The van der Waals surface area contributed by atoms with Crippen LogP contribution in [-0.4, -0.2) is 80.5 Å². The van der Waals surface area contributed by atoms with Gasteiger partial charge in [0.25, 0.3) is 6.10 Å². The van der Waals surface area contributed by atoms with Crippen molar-refractivity contribution in [2.75, 3.05) is 26.9 Å². The van der Waals surface area contributed by atoms with Gasteiger partial charge in [0.1, 0.15) is 6.61 Å². The van der Waals surface area contributed by atoms with E-state index in [0.717, 1.165) is 6.92 Å². The summed E-state index contributed by atoms with van der Waals surface area (Å²) in [4.78, 5) is 41.6. The minimum Gasteiger partial charge on any atom is -0.466 e. The van der Waals surface area contributed by atoms with Crippen molar-refractivity contribution < 1.29 is 82.7 Å². The van der Waals surface area contributed by atoms with Gasteiger partial charge in [-0.3, -0.25) is 0 Å². The zero-order valence-electron chi connectivity index (χ0n) is 23.1. The molecule has 0 aromatic rings. The SMILES string of the molecule is C=C(C)C(=O)OC.C=C(C)C(=O)OC(C(F)(F)F)C(F)(F)F.C=C(C)C(=O)OCC(F)(F)F.C=C(C)C(=O)OCCO. The second-order valence-corrected chi connectivity index (χ2v) is 7.53. The van der Waals surface area contributed by atoms with Gasteiger partial charge >= 0.3 is 42.4 Å². The molecule has 0 bridgehead atoms.